The summed E-state index contributed by atoms with van der Waals surface area (Å²) in [6.45, 7) is 0. The molecule has 31 heavy (non-hydrogen) atoms. The molecule has 1 aromatic heterocycles. The van der Waals surface area contributed by atoms with E-state index in [0.29, 0.717) is 11.1 Å². The molecular weight excluding hydrogens is 559 g/mol. The van der Waals surface area contributed by atoms with Gasteiger partial charge in [0, 0.05) is 6.20 Å². The monoisotopic (exact) mass is 575 g/mol. The van der Waals surface area contributed by atoms with Crippen molar-refractivity contribution in [3.63, 3.8) is 0 Å². The summed E-state index contributed by atoms with van der Waals surface area (Å²) in [6.07, 6.45) is 16.2. The standard InChI is InChI=1S/C18H8.C11H8N.Au/c1-3-15-9-5-7-11-17(15)13-14-18-12-8-6-10-16(18)4-2;1-2-6-10(7-3-1)11-8-4-5-9-12-11;/h5-12H;1-6,8-9H;/q-2;-1;+3. The Morgan fingerprint density at radius 3 is 1.58 bits per heavy atom. The van der Waals surface area contributed by atoms with Crippen molar-refractivity contribution in [2.24, 2.45) is 0 Å². The summed E-state index contributed by atoms with van der Waals surface area (Å²) in [5.41, 5.74) is 4.86. The molecule has 4 aromatic rings. The number of nitrogens with zero attached hydrogens (tertiary/aromatic N) is 1. The van der Waals surface area contributed by atoms with Crippen molar-refractivity contribution < 1.29 is 22.4 Å². The SMILES string of the molecule is [Au+3].[C-]#Cc1ccccc1C#Cc1ccccc1C#[C-].[c-]1ccccc1-c1ccccn1. The molecular formula is C29H16AuN. The quantitative estimate of drug-likeness (QED) is 0.166. The van der Waals surface area contributed by atoms with E-state index in [4.69, 9.17) is 12.8 Å². The maximum Gasteiger partial charge on any atom is 3.00 e. The Balaban J connectivity index is 0.000000229. The second-order valence-corrected chi connectivity index (χ2v) is 6.08. The van der Waals surface area contributed by atoms with E-state index in [9.17, 15) is 0 Å². The molecule has 0 bridgehead atoms. The van der Waals surface area contributed by atoms with Gasteiger partial charge in [-0.25, -0.2) is 0 Å². The van der Waals surface area contributed by atoms with E-state index in [0.717, 1.165) is 22.4 Å². The van der Waals surface area contributed by atoms with Crippen LogP contribution < -0.4 is 0 Å². The number of benzene rings is 3. The van der Waals surface area contributed by atoms with Crippen molar-refractivity contribution in [2.75, 3.05) is 0 Å². The molecule has 0 aliphatic rings. The van der Waals surface area contributed by atoms with Crippen LogP contribution in [0, 0.1) is 42.6 Å². The molecule has 3 aromatic carbocycles. The third-order valence-corrected chi connectivity index (χ3v) is 4.11. The summed E-state index contributed by atoms with van der Waals surface area (Å²) in [6, 6.07) is 31.6. The molecule has 0 aliphatic heterocycles. The number of rotatable bonds is 1. The largest absolute Gasteiger partial charge is 3.00 e. The summed E-state index contributed by atoms with van der Waals surface area (Å²) in [5, 5.41) is 0. The molecule has 1 nitrogen and oxygen atoms in total. The smallest absolute Gasteiger partial charge is 0.366 e. The number of hydrogen-bond acceptors (Lipinski definition) is 1. The Bertz CT molecular complexity index is 1150. The first-order chi connectivity index (χ1) is 14.8. The zero-order chi connectivity index (χ0) is 21.0. The maximum atomic E-state index is 7.19. The predicted octanol–water partition coefficient (Wildman–Crippen LogP) is 5.51. The minimum absolute atomic E-state index is 0. The van der Waals surface area contributed by atoms with Gasteiger partial charge in [0.1, 0.15) is 0 Å². The van der Waals surface area contributed by atoms with Gasteiger partial charge in [-0.05, 0) is 22.9 Å². The normalized spacial score (nSPS) is 8.71. The predicted molar refractivity (Wildman–Crippen MR) is 120 cm³/mol. The summed E-state index contributed by atoms with van der Waals surface area (Å²) < 4.78 is 0. The molecule has 148 valence electrons. The van der Waals surface area contributed by atoms with Gasteiger partial charge in [0.05, 0.1) is 0 Å². The van der Waals surface area contributed by atoms with Crippen LogP contribution in [0.4, 0.5) is 0 Å². The van der Waals surface area contributed by atoms with Gasteiger partial charge in [0.2, 0.25) is 0 Å². The molecule has 0 unspecified atom stereocenters. The molecule has 0 amide bonds. The van der Waals surface area contributed by atoms with Crippen molar-refractivity contribution in [2.45, 2.75) is 0 Å². The topological polar surface area (TPSA) is 12.9 Å². The molecule has 0 saturated heterocycles. The fourth-order valence-corrected chi connectivity index (χ4v) is 2.61. The molecule has 1 heterocycles. The molecule has 0 saturated carbocycles. The van der Waals surface area contributed by atoms with E-state index in [-0.39, 0.29) is 22.4 Å². The molecule has 0 aliphatic carbocycles. The zero-order valence-electron chi connectivity index (χ0n) is 16.5. The van der Waals surface area contributed by atoms with Crippen molar-refractivity contribution in [3.05, 3.63) is 138 Å². The zero-order valence-corrected chi connectivity index (χ0v) is 18.7. The van der Waals surface area contributed by atoms with Gasteiger partial charge >= 0.3 is 22.4 Å². The molecule has 0 fully saturated rings. The first-order valence-electron chi connectivity index (χ1n) is 9.25. The summed E-state index contributed by atoms with van der Waals surface area (Å²) in [4.78, 5) is 4.22. The van der Waals surface area contributed by atoms with Crippen molar-refractivity contribution in [1.29, 1.82) is 0 Å². The average Bonchev–Trinajstić information content (AvgIpc) is 2.84. The van der Waals surface area contributed by atoms with Crippen LogP contribution in [-0.2, 0) is 22.4 Å². The van der Waals surface area contributed by atoms with Crippen LogP contribution in [0.15, 0.2) is 97.2 Å². The van der Waals surface area contributed by atoms with E-state index < -0.39 is 0 Å². The van der Waals surface area contributed by atoms with Gasteiger partial charge in [-0.2, -0.15) is 0 Å². The van der Waals surface area contributed by atoms with Gasteiger partial charge in [-0.3, -0.25) is 11.8 Å². The maximum absolute atomic E-state index is 7.19. The second kappa shape index (κ2) is 12.7. The van der Waals surface area contributed by atoms with E-state index in [2.05, 4.69) is 34.7 Å². The molecule has 4 rings (SSSR count). The first kappa shape index (κ1) is 23.5. The first-order valence-corrected chi connectivity index (χ1v) is 9.25. The average molecular weight is 575 g/mol. The van der Waals surface area contributed by atoms with Gasteiger partial charge < -0.3 is 17.8 Å². The van der Waals surface area contributed by atoms with Gasteiger partial charge in [-0.15, -0.1) is 59.2 Å². The Kier molecular flexibility index (Phi) is 9.65. The van der Waals surface area contributed by atoms with E-state index in [1.165, 1.54) is 0 Å². The summed E-state index contributed by atoms with van der Waals surface area (Å²) in [7, 11) is 0. The number of hydrogen-bond donors (Lipinski definition) is 0. The van der Waals surface area contributed by atoms with Crippen LogP contribution in [0.5, 0.6) is 0 Å². The second-order valence-electron chi connectivity index (χ2n) is 6.08. The van der Waals surface area contributed by atoms with Crippen molar-refractivity contribution in [3.8, 4) is 34.9 Å². The van der Waals surface area contributed by atoms with Crippen LogP contribution in [0.25, 0.3) is 11.3 Å². The fourth-order valence-electron chi connectivity index (χ4n) is 2.61. The third kappa shape index (κ3) is 6.90. The number of aromatic nitrogens is 1. The van der Waals surface area contributed by atoms with Gasteiger partial charge in [-0.1, -0.05) is 60.4 Å². The molecule has 0 radical (unpaired) electrons. The van der Waals surface area contributed by atoms with Crippen LogP contribution >= 0.6 is 0 Å². The van der Waals surface area contributed by atoms with Gasteiger partial charge in [0.25, 0.3) is 0 Å². The Morgan fingerprint density at radius 1 is 0.613 bits per heavy atom. The van der Waals surface area contributed by atoms with Crippen molar-refractivity contribution >= 4 is 0 Å². The Labute approximate surface area is 200 Å². The number of pyridine rings is 1. The van der Waals surface area contributed by atoms with E-state index in [1.807, 2.05) is 78.9 Å². The molecule has 0 spiro atoms. The van der Waals surface area contributed by atoms with Crippen LogP contribution in [0.1, 0.15) is 22.3 Å². The summed E-state index contributed by atoms with van der Waals surface area (Å²) >= 11 is 0. The van der Waals surface area contributed by atoms with Crippen LogP contribution in [0.2, 0.25) is 0 Å². The van der Waals surface area contributed by atoms with E-state index in [1.54, 1.807) is 18.3 Å². The summed E-state index contributed by atoms with van der Waals surface area (Å²) in [5.74, 6) is 10.7. The molecule has 2 heteroatoms. The molecule has 0 atom stereocenters. The molecule has 0 N–H and O–H groups in total. The van der Waals surface area contributed by atoms with Crippen LogP contribution in [-0.4, -0.2) is 4.98 Å². The minimum atomic E-state index is 0. The van der Waals surface area contributed by atoms with Crippen molar-refractivity contribution in [1.82, 2.24) is 4.98 Å². The van der Waals surface area contributed by atoms with E-state index >= 15 is 0 Å². The Hall–Kier alpha value is -3.77. The third-order valence-electron chi connectivity index (χ3n) is 4.11. The minimum Gasteiger partial charge on any atom is -0.366 e. The Morgan fingerprint density at radius 2 is 1.13 bits per heavy atom. The van der Waals surface area contributed by atoms with Gasteiger partial charge in [0.15, 0.2) is 0 Å². The fraction of sp³-hybridized carbons (Fsp3) is 0. The van der Waals surface area contributed by atoms with Crippen LogP contribution in [0.3, 0.4) is 0 Å².